The molecule has 1 aromatic carbocycles. The lowest BCUT2D eigenvalue weighted by Gasteiger charge is -2.19. The van der Waals surface area contributed by atoms with Gasteiger partial charge in [0.05, 0.1) is 13.1 Å². The number of nitrogens with zero attached hydrogens (tertiary/aromatic N) is 1. The predicted octanol–water partition coefficient (Wildman–Crippen LogP) is 1.94. The third kappa shape index (κ3) is 4.78. The molecule has 0 bridgehead atoms. The van der Waals surface area contributed by atoms with E-state index in [1.165, 1.54) is 0 Å². The fourth-order valence-electron chi connectivity index (χ4n) is 2.15. The number of benzene rings is 1. The quantitative estimate of drug-likeness (QED) is 0.774. The lowest BCUT2D eigenvalue weighted by atomic mass is 10.0. The van der Waals surface area contributed by atoms with E-state index in [0.717, 1.165) is 16.7 Å². The molecule has 0 unspecified atom stereocenters. The lowest BCUT2D eigenvalue weighted by molar-refractivity contribution is -0.121. The van der Waals surface area contributed by atoms with Gasteiger partial charge in [0.25, 0.3) is 0 Å². The third-order valence-corrected chi connectivity index (χ3v) is 3.24. The van der Waals surface area contributed by atoms with Gasteiger partial charge in [-0.05, 0) is 32.9 Å². The number of aryl methyl sites for hydroxylation is 2. The highest BCUT2D eigenvalue weighted by atomic mass is 16.2. The molecule has 0 aromatic heterocycles. The molecule has 0 aliphatic heterocycles. The van der Waals surface area contributed by atoms with E-state index >= 15 is 0 Å². The first kappa shape index (κ1) is 16.4. The molecule has 1 N–H and O–H groups in total. The molecule has 4 nitrogen and oxygen atoms in total. The van der Waals surface area contributed by atoms with Crippen molar-refractivity contribution in [1.82, 2.24) is 10.2 Å². The molecule has 0 radical (unpaired) electrons. The Balaban J connectivity index is 2.69. The average molecular weight is 276 g/mol. The maximum atomic E-state index is 12.3. The summed E-state index contributed by atoms with van der Waals surface area (Å²) in [6.45, 7) is 9.62. The van der Waals surface area contributed by atoms with Crippen molar-refractivity contribution in [3.05, 3.63) is 34.9 Å². The van der Waals surface area contributed by atoms with Crippen molar-refractivity contribution in [2.75, 3.05) is 26.2 Å². The number of nitrogens with one attached hydrogen (secondary N) is 1. The van der Waals surface area contributed by atoms with Crippen LogP contribution in [0.15, 0.2) is 18.2 Å². The van der Waals surface area contributed by atoms with Crippen LogP contribution in [0.3, 0.4) is 0 Å². The second kappa shape index (κ2) is 7.80. The van der Waals surface area contributed by atoms with Crippen LogP contribution in [-0.4, -0.2) is 42.8 Å². The second-order valence-electron chi connectivity index (χ2n) is 5.00. The Bertz CT molecular complexity index is 483. The third-order valence-electron chi connectivity index (χ3n) is 3.24. The van der Waals surface area contributed by atoms with Gasteiger partial charge in [-0.25, -0.2) is 0 Å². The largest absolute Gasteiger partial charge is 0.355 e. The highest BCUT2D eigenvalue weighted by Gasteiger charge is 2.15. The summed E-state index contributed by atoms with van der Waals surface area (Å²) in [6, 6.07) is 5.82. The SMILES string of the molecule is CCNC(=O)CN(CC)CC(=O)c1ccc(C)cc1C. The van der Waals surface area contributed by atoms with Gasteiger partial charge in [0.15, 0.2) is 5.78 Å². The molecule has 0 saturated heterocycles. The van der Waals surface area contributed by atoms with Gasteiger partial charge < -0.3 is 5.32 Å². The van der Waals surface area contributed by atoms with E-state index in [4.69, 9.17) is 0 Å². The van der Waals surface area contributed by atoms with E-state index in [-0.39, 0.29) is 24.8 Å². The summed E-state index contributed by atoms with van der Waals surface area (Å²) in [5, 5.41) is 2.75. The number of likely N-dealkylation sites (N-methyl/N-ethyl adjacent to an activating group) is 2. The Hall–Kier alpha value is -1.68. The molecule has 0 saturated carbocycles. The summed E-state index contributed by atoms with van der Waals surface area (Å²) in [4.78, 5) is 25.7. The maximum Gasteiger partial charge on any atom is 0.234 e. The summed E-state index contributed by atoms with van der Waals surface area (Å²) < 4.78 is 0. The molecule has 110 valence electrons. The summed E-state index contributed by atoms with van der Waals surface area (Å²) >= 11 is 0. The van der Waals surface area contributed by atoms with Gasteiger partial charge in [0, 0.05) is 12.1 Å². The second-order valence-corrected chi connectivity index (χ2v) is 5.00. The first-order chi connectivity index (χ1) is 9.47. The van der Waals surface area contributed by atoms with Crippen LogP contribution in [0.2, 0.25) is 0 Å². The molecule has 1 aromatic rings. The van der Waals surface area contributed by atoms with Crippen molar-refractivity contribution in [2.24, 2.45) is 0 Å². The fourth-order valence-corrected chi connectivity index (χ4v) is 2.15. The number of carbonyl (C=O) groups is 2. The van der Waals surface area contributed by atoms with Crippen molar-refractivity contribution in [2.45, 2.75) is 27.7 Å². The molecule has 1 amide bonds. The topological polar surface area (TPSA) is 49.4 Å². The van der Waals surface area contributed by atoms with Gasteiger partial charge in [-0.3, -0.25) is 14.5 Å². The molecular weight excluding hydrogens is 252 g/mol. The first-order valence-electron chi connectivity index (χ1n) is 7.07. The van der Waals surface area contributed by atoms with Crippen LogP contribution < -0.4 is 5.32 Å². The smallest absolute Gasteiger partial charge is 0.234 e. The fraction of sp³-hybridized carbons (Fsp3) is 0.500. The van der Waals surface area contributed by atoms with Crippen LogP contribution in [-0.2, 0) is 4.79 Å². The summed E-state index contributed by atoms with van der Waals surface area (Å²) in [7, 11) is 0. The Morgan fingerprint density at radius 2 is 1.85 bits per heavy atom. The monoisotopic (exact) mass is 276 g/mol. The predicted molar refractivity (Wildman–Crippen MR) is 81.0 cm³/mol. The van der Waals surface area contributed by atoms with Crippen molar-refractivity contribution < 1.29 is 9.59 Å². The van der Waals surface area contributed by atoms with E-state index in [2.05, 4.69) is 5.32 Å². The highest BCUT2D eigenvalue weighted by Crippen LogP contribution is 2.11. The Morgan fingerprint density at radius 1 is 1.15 bits per heavy atom. The van der Waals surface area contributed by atoms with Crippen LogP contribution in [0, 0.1) is 13.8 Å². The number of rotatable bonds is 7. The Labute approximate surface area is 121 Å². The molecule has 0 heterocycles. The molecule has 0 fully saturated rings. The maximum absolute atomic E-state index is 12.3. The Kier molecular flexibility index (Phi) is 6.39. The van der Waals surface area contributed by atoms with Crippen LogP contribution in [0.4, 0.5) is 0 Å². The normalized spacial score (nSPS) is 10.7. The van der Waals surface area contributed by atoms with E-state index in [0.29, 0.717) is 13.1 Å². The zero-order valence-electron chi connectivity index (χ0n) is 12.8. The molecule has 4 heteroatoms. The first-order valence-corrected chi connectivity index (χ1v) is 7.07. The van der Waals surface area contributed by atoms with E-state index in [1.54, 1.807) is 0 Å². The molecule has 0 aliphatic carbocycles. The van der Waals surface area contributed by atoms with Crippen LogP contribution >= 0.6 is 0 Å². The van der Waals surface area contributed by atoms with Crippen molar-refractivity contribution in [1.29, 1.82) is 0 Å². The van der Waals surface area contributed by atoms with Gasteiger partial charge in [-0.15, -0.1) is 0 Å². The minimum Gasteiger partial charge on any atom is -0.355 e. The van der Waals surface area contributed by atoms with E-state index < -0.39 is 0 Å². The van der Waals surface area contributed by atoms with Crippen molar-refractivity contribution >= 4 is 11.7 Å². The summed E-state index contributed by atoms with van der Waals surface area (Å²) in [5.41, 5.74) is 2.88. The zero-order chi connectivity index (χ0) is 15.1. The Morgan fingerprint density at radius 3 is 2.40 bits per heavy atom. The number of amides is 1. The molecule has 0 aliphatic rings. The van der Waals surface area contributed by atoms with Crippen LogP contribution in [0.25, 0.3) is 0 Å². The highest BCUT2D eigenvalue weighted by molar-refractivity contribution is 5.99. The summed E-state index contributed by atoms with van der Waals surface area (Å²) in [6.07, 6.45) is 0. The number of Topliss-reactive ketones (excluding diaryl/α,β-unsaturated/α-hetero) is 1. The van der Waals surface area contributed by atoms with E-state index in [1.807, 2.05) is 50.8 Å². The van der Waals surface area contributed by atoms with Gasteiger partial charge in [-0.2, -0.15) is 0 Å². The average Bonchev–Trinajstić information content (AvgIpc) is 2.37. The summed E-state index contributed by atoms with van der Waals surface area (Å²) in [5.74, 6) is 0.0245. The molecule has 20 heavy (non-hydrogen) atoms. The molecular formula is C16H24N2O2. The van der Waals surface area contributed by atoms with Crippen LogP contribution in [0.5, 0.6) is 0 Å². The number of carbonyl (C=O) groups excluding carboxylic acids is 2. The molecule has 0 atom stereocenters. The number of hydrogen-bond acceptors (Lipinski definition) is 3. The number of hydrogen-bond donors (Lipinski definition) is 1. The van der Waals surface area contributed by atoms with Gasteiger partial charge in [0.1, 0.15) is 0 Å². The minimum atomic E-state index is -0.0391. The minimum absolute atomic E-state index is 0.0391. The zero-order valence-corrected chi connectivity index (χ0v) is 12.8. The van der Waals surface area contributed by atoms with Crippen molar-refractivity contribution in [3.8, 4) is 0 Å². The lowest BCUT2D eigenvalue weighted by Crippen LogP contribution is -2.39. The van der Waals surface area contributed by atoms with Gasteiger partial charge in [-0.1, -0.05) is 30.7 Å². The van der Waals surface area contributed by atoms with Gasteiger partial charge >= 0.3 is 0 Å². The van der Waals surface area contributed by atoms with Gasteiger partial charge in [0.2, 0.25) is 5.91 Å². The molecule has 1 rings (SSSR count). The van der Waals surface area contributed by atoms with Crippen molar-refractivity contribution in [3.63, 3.8) is 0 Å². The molecule has 0 spiro atoms. The number of ketones is 1. The van der Waals surface area contributed by atoms with E-state index in [9.17, 15) is 9.59 Å². The van der Waals surface area contributed by atoms with Crippen LogP contribution in [0.1, 0.15) is 35.3 Å². The standard InChI is InChI=1S/C16H24N2O2/c1-5-17-16(20)11-18(6-2)10-15(19)14-8-7-12(3)9-13(14)4/h7-9H,5-6,10-11H2,1-4H3,(H,17,20).